The van der Waals surface area contributed by atoms with Gasteiger partial charge in [-0.05, 0) is 47.2 Å². The third-order valence-corrected chi connectivity index (χ3v) is 4.98. The first kappa shape index (κ1) is 16.4. The number of carbonyl (C=O) groups excluding carboxylic acids is 1. The van der Waals surface area contributed by atoms with E-state index < -0.39 is 5.92 Å². The number of nitrogens with one attached hydrogen (secondary N) is 1. The summed E-state index contributed by atoms with van der Waals surface area (Å²) in [5.41, 5.74) is 6.72. The number of ether oxygens (including phenoxy) is 1. The van der Waals surface area contributed by atoms with E-state index in [0.29, 0.717) is 0 Å². The summed E-state index contributed by atoms with van der Waals surface area (Å²) in [5.74, 6) is -0.641. The van der Waals surface area contributed by atoms with Crippen LogP contribution >= 0.6 is 0 Å². The highest BCUT2D eigenvalue weighted by Crippen LogP contribution is 2.34. The molecule has 1 aliphatic rings. The second-order valence-corrected chi connectivity index (χ2v) is 6.57. The van der Waals surface area contributed by atoms with Crippen molar-refractivity contribution in [1.29, 1.82) is 0 Å². The molecule has 3 aromatic carbocycles. The minimum Gasteiger partial charge on any atom is -0.468 e. The molecule has 0 saturated heterocycles. The Labute approximate surface area is 153 Å². The molecule has 0 fully saturated rings. The summed E-state index contributed by atoms with van der Waals surface area (Å²) < 4.78 is 5.09. The summed E-state index contributed by atoms with van der Waals surface area (Å²) in [4.78, 5) is 12.5. The minimum atomic E-state index is -0.405. The Bertz CT molecular complexity index is 934. The molecule has 1 aliphatic heterocycles. The topological polar surface area (TPSA) is 38.3 Å². The smallest absolute Gasteiger partial charge is 0.317 e. The first-order valence-corrected chi connectivity index (χ1v) is 8.87. The van der Waals surface area contributed by atoms with Crippen LogP contribution < -0.4 is 5.32 Å². The summed E-state index contributed by atoms with van der Waals surface area (Å²) in [7, 11) is 1.44. The van der Waals surface area contributed by atoms with Gasteiger partial charge in [0.15, 0.2) is 0 Å². The average molecular weight is 343 g/mol. The maximum atomic E-state index is 12.5. The summed E-state index contributed by atoms with van der Waals surface area (Å²) in [6.07, 6.45) is 1.92. The van der Waals surface area contributed by atoms with Crippen molar-refractivity contribution in [1.82, 2.24) is 0 Å². The Balaban J connectivity index is 1.73. The number of carbonyl (C=O) groups is 1. The number of fused-ring (bicyclic) bond motifs is 2. The summed E-state index contributed by atoms with van der Waals surface area (Å²) >= 11 is 0. The van der Waals surface area contributed by atoms with Gasteiger partial charge in [0.2, 0.25) is 0 Å². The van der Waals surface area contributed by atoms with Crippen molar-refractivity contribution in [3.8, 4) is 0 Å². The number of anilines is 2. The number of para-hydroxylation sites is 1. The Hall–Kier alpha value is -3.07. The Morgan fingerprint density at radius 1 is 0.846 bits per heavy atom. The fourth-order valence-corrected chi connectivity index (χ4v) is 3.62. The van der Waals surface area contributed by atoms with E-state index in [0.717, 1.165) is 35.3 Å². The van der Waals surface area contributed by atoms with Crippen molar-refractivity contribution in [3.63, 3.8) is 0 Å². The SMILES string of the molecule is COC(=O)C(c1ccccc1)c1ccc2c(c1)CCc1ccccc1N2. The molecule has 1 heterocycles. The fourth-order valence-electron chi connectivity index (χ4n) is 3.62. The van der Waals surface area contributed by atoms with Gasteiger partial charge in [0, 0.05) is 11.4 Å². The van der Waals surface area contributed by atoms with Crippen LogP contribution in [0.25, 0.3) is 0 Å². The number of aryl methyl sites for hydroxylation is 2. The van der Waals surface area contributed by atoms with Crippen molar-refractivity contribution >= 4 is 17.3 Å². The molecule has 26 heavy (non-hydrogen) atoms. The molecule has 0 bridgehead atoms. The van der Waals surface area contributed by atoms with Gasteiger partial charge in [0.1, 0.15) is 5.92 Å². The predicted octanol–water partition coefficient (Wildman–Crippen LogP) is 4.83. The lowest BCUT2D eigenvalue weighted by molar-refractivity contribution is -0.141. The zero-order valence-electron chi connectivity index (χ0n) is 14.7. The first-order valence-electron chi connectivity index (χ1n) is 8.87. The second kappa shape index (κ2) is 7.04. The van der Waals surface area contributed by atoms with Gasteiger partial charge in [-0.15, -0.1) is 0 Å². The molecule has 3 aromatic rings. The third-order valence-electron chi connectivity index (χ3n) is 4.98. The van der Waals surface area contributed by atoms with Crippen molar-refractivity contribution in [2.24, 2.45) is 0 Å². The minimum absolute atomic E-state index is 0.235. The molecule has 1 atom stereocenters. The Kier molecular flexibility index (Phi) is 4.44. The van der Waals surface area contributed by atoms with Gasteiger partial charge in [0.25, 0.3) is 0 Å². The lowest BCUT2D eigenvalue weighted by atomic mass is 9.89. The zero-order chi connectivity index (χ0) is 17.9. The van der Waals surface area contributed by atoms with E-state index in [4.69, 9.17) is 4.74 Å². The van der Waals surface area contributed by atoms with Crippen LogP contribution in [0.4, 0.5) is 11.4 Å². The van der Waals surface area contributed by atoms with Crippen LogP contribution in [0.5, 0.6) is 0 Å². The Morgan fingerprint density at radius 3 is 2.35 bits per heavy atom. The van der Waals surface area contributed by atoms with Crippen LogP contribution in [-0.4, -0.2) is 13.1 Å². The summed E-state index contributed by atoms with van der Waals surface area (Å²) in [6.45, 7) is 0. The van der Waals surface area contributed by atoms with Crippen LogP contribution in [0.2, 0.25) is 0 Å². The summed E-state index contributed by atoms with van der Waals surface area (Å²) in [5, 5.41) is 3.54. The zero-order valence-corrected chi connectivity index (χ0v) is 14.7. The van der Waals surface area contributed by atoms with Crippen LogP contribution in [0.1, 0.15) is 28.2 Å². The molecule has 0 aliphatic carbocycles. The van der Waals surface area contributed by atoms with E-state index in [2.05, 4.69) is 35.6 Å². The quantitative estimate of drug-likeness (QED) is 0.692. The molecular formula is C23H21NO2. The summed E-state index contributed by atoms with van der Waals surface area (Å²) in [6, 6.07) is 24.4. The van der Waals surface area contributed by atoms with Gasteiger partial charge in [-0.1, -0.05) is 60.7 Å². The normalized spacial score (nSPS) is 13.6. The number of hydrogen-bond acceptors (Lipinski definition) is 3. The molecule has 3 heteroatoms. The molecule has 1 N–H and O–H groups in total. The van der Waals surface area contributed by atoms with E-state index in [1.165, 1.54) is 18.2 Å². The largest absolute Gasteiger partial charge is 0.468 e. The van der Waals surface area contributed by atoms with E-state index in [9.17, 15) is 4.79 Å². The maximum Gasteiger partial charge on any atom is 0.317 e. The highest BCUT2D eigenvalue weighted by atomic mass is 16.5. The van der Waals surface area contributed by atoms with Crippen molar-refractivity contribution in [3.05, 3.63) is 95.1 Å². The molecule has 0 saturated carbocycles. The molecular weight excluding hydrogens is 322 g/mol. The molecule has 130 valence electrons. The number of methoxy groups -OCH3 is 1. The highest BCUT2D eigenvalue weighted by Gasteiger charge is 2.24. The van der Waals surface area contributed by atoms with Crippen LogP contribution in [0, 0.1) is 0 Å². The van der Waals surface area contributed by atoms with Gasteiger partial charge in [0.05, 0.1) is 7.11 Å². The standard InChI is InChI=1S/C23H21NO2/c1-26-23(25)22(17-8-3-2-4-9-17)19-13-14-21-18(15-19)12-11-16-7-5-6-10-20(16)24-21/h2-10,13-15,22,24H,11-12H2,1H3. The van der Waals surface area contributed by atoms with E-state index >= 15 is 0 Å². The van der Waals surface area contributed by atoms with Gasteiger partial charge in [-0.2, -0.15) is 0 Å². The van der Waals surface area contributed by atoms with Gasteiger partial charge >= 0.3 is 5.97 Å². The molecule has 1 unspecified atom stereocenters. The molecule has 0 aromatic heterocycles. The predicted molar refractivity (Wildman–Crippen MR) is 104 cm³/mol. The Morgan fingerprint density at radius 2 is 1.54 bits per heavy atom. The van der Waals surface area contributed by atoms with Gasteiger partial charge < -0.3 is 10.1 Å². The number of hydrogen-bond donors (Lipinski definition) is 1. The third kappa shape index (κ3) is 3.08. The van der Waals surface area contributed by atoms with Crippen LogP contribution in [-0.2, 0) is 22.4 Å². The van der Waals surface area contributed by atoms with Crippen molar-refractivity contribution in [2.45, 2.75) is 18.8 Å². The second-order valence-electron chi connectivity index (χ2n) is 6.57. The molecule has 0 radical (unpaired) electrons. The van der Waals surface area contributed by atoms with Gasteiger partial charge in [-0.25, -0.2) is 0 Å². The molecule has 3 nitrogen and oxygen atoms in total. The highest BCUT2D eigenvalue weighted by molar-refractivity contribution is 5.82. The number of esters is 1. The maximum absolute atomic E-state index is 12.5. The lowest BCUT2D eigenvalue weighted by Gasteiger charge is -2.18. The van der Waals surface area contributed by atoms with Crippen LogP contribution in [0.15, 0.2) is 72.8 Å². The fraction of sp³-hybridized carbons (Fsp3) is 0.174. The molecule has 0 spiro atoms. The van der Waals surface area contributed by atoms with E-state index in [1.54, 1.807) is 0 Å². The van der Waals surface area contributed by atoms with Gasteiger partial charge in [-0.3, -0.25) is 4.79 Å². The van der Waals surface area contributed by atoms with Crippen LogP contribution in [0.3, 0.4) is 0 Å². The monoisotopic (exact) mass is 343 g/mol. The molecule has 0 amide bonds. The number of rotatable bonds is 3. The van der Waals surface area contributed by atoms with E-state index in [1.807, 2.05) is 42.5 Å². The number of benzene rings is 3. The lowest BCUT2D eigenvalue weighted by Crippen LogP contribution is -2.16. The van der Waals surface area contributed by atoms with Crippen molar-refractivity contribution in [2.75, 3.05) is 12.4 Å². The van der Waals surface area contributed by atoms with Crippen molar-refractivity contribution < 1.29 is 9.53 Å². The van der Waals surface area contributed by atoms with E-state index in [-0.39, 0.29) is 5.97 Å². The first-order chi connectivity index (χ1) is 12.8. The average Bonchev–Trinajstić information content (AvgIpc) is 2.88. The molecule has 4 rings (SSSR count).